The fraction of sp³-hybridized carbons (Fsp3) is 0.381. The van der Waals surface area contributed by atoms with Crippen LogP contribution in [0.5, 0.6) is 5.75 Å². The standard InChI is InChI=1S/C21H23F3N6O2/c1-29-15(5-7-31-16-4-2-3-14(9-16)21(22,23)24)10-17(28-29)18-12-30(6-8-32-18)20-11-19(25)26-13-27-20/h2-4,9-11,13,18H,5-8,12H2,1H3,(H2,25,26,27)/t18-/m0/s1. The molecule has 0 aliphatic carbocycles. The third-order valence-electron chi connectivity index (χ3n) is 5.18. The van der Waals surface area contributed by atoms with Crippen molar-refractivity contribution in [3.63, 3.8) is 0 Å². The Kier molecular flexibility index (Phi) is 6.17. The highest BCUT2D eigenvalue weighted by Gasteiger charge is 2.30. The number of ether oxygens (including phenoxy) is 2. The lowest BCUT2D eigenvalue weighted by molar-refractivity contribution is -0.137. The number of aromatic nitrogens is 4. The number of hydrogen-bond donors (Lipinski definition) is 1. The molecule has 0 amide bonds. The van der Waals surface area contributed by atoms with Gasteiger partial charge in [-0.3, -0.25) is 4.68 Å². The average Bonchev–Trinajstić information content (AvgIpc) is 3.14. The molecule has 0 radical (unpaired) electrons. The van der Waals surface area contributed by atoms with Crippen LogP contribution in [0, 0.1) is 0 Å². The van der Waals surface area contributed by atoms with Gasteiger partial charge in [-0.2, -0.15) is 18.3 Å². The third kappa shape index (κ3) is 5.10. The SMILES string of the molecule is Cn1nc([C@@H]2CN(c3cc(N)ncn3)CCO2)cc1CCOc1cccc(C(F)(F)F)c1. The maximum Gasteiger partial charge on any atom is 0.416 e. The molecule has 1 atom stereocenters. The first-order chi connectivity index (χ1) is 15.3. The van der Waals surface area contributed by atoms with Gasteiger partial charge < -0.3 is 20.1 Å². The number of rotatable bonds is 6. The molecule has 2 aromatic heterocycles. The lowest BCUT2D eigenvalue weighted by Gasteiger charge is -2.32. The quantitative estimate of drug-likeness (QED) is 0.620. The molecule has 1 saturated heterocycles. The Hall–Kier alpha value is -3.34. The van der Waals surface area contributed by atoms with Crippen LogP contribution >= 0.6 is 0 Å². The maximum atomic E-state index is 12.8. The highest BCUT2D eigenvalue weighted by Crippen LogP contribution is 2.31. The molecular weight excluding hydrogens is 425 g/mol. The van der Waals surface area contributed by atoms with Gasteiger partial charge in [0.2, 0.25) is 0 Å². The molecule has 4 rings (SSSR count). The summed E-state index contributed by atoms with van der Waals surface area (Å²) in [6.07, 6.45) is -2.73. The highest BCUT2D eigenvalue weighted by molar-refractivity contribution is 5.46. The number of morpholine rings is 1. The van der Waals surface area contributed by atoms with Crippen molar-refractivity contribution in [2.75, 3.05) is 36.9 Å². The summed E-state index contributed by atoms with van der Waals surface area (Å²) in [5, 5.41) is 4.56. The summed E-state index contributed by atoms with van der Waals surface area (Å²) in [5.74, 6) is 1.31. The second kappa shape index (κ2) is 9.03. The van der Waals surface area contributed by atoms with Crippen LogP contribution in [0.3, 0.4) is 0 Å². The number of halogens is 3. The van der Waals surface area contributed by atoms with Gasteiger partial charge in [0.25, 0.3) is 0 Å². The molecule has 32 heavy (non-hydrogen) atoms. The smallest absolute Gasteiger partial charge is 0.416 e. The second-order valence-corrected chi connectivity index (χ2v) is 7.41. The average molecular weight is 448 g/mol. The Labute approximate surface area is 182 Å². The Morgan fingerprint density at radius 1 is 1.22 bits per heavy atom. The molecule has 1 aliphatic rings. The predicted molar refractivity (Wildman–Crippen MR) is 111 cm³/mol. The minimum Gasteiger partial charge on any atom is -0.493 e. The van der Waals surface area contributed by atoms with Crippen LogP contribution in [0.2, 0.25) is 0 Å². The van der Waals surface area contributed by atoms with Crippen LogP contribution in [0.25, 0.3) is 0 Å². The molecule has 0 spiro atoms. The number of nitrogen functional groups attached to an aromatic ring is 1. The maximum absolute atomic E-state index is 12.8. The molecule has 11 heteroatoms. The molecule has 170 valence electrons. The number of alkyl halides is 3. The zero-order valence-corrected chi connectivity index (χ0v) is 17.4. The van der Waals surface area contributed by atoms with Gasteiger partial charge in [-0.05, 0) is 24.3 Å². The summed E-state index contributed by atoms with van der Waals surface area (Å²) in [4.78, 5) is 10.3. The molecule has 1 fully saturated rings. The van der Waals surface area contributed by atoms with E-state index in [1.54, 1.807) is 10.7 Å². The van der Waals surface area contributed by atoms with Gasteiger partial charge >= 0.3 is 6.18 Å². The zero-order valence-electron chi connectivity index (χ0n) is 17.4. The zero-order chi connectivity index (χ0) is 22.7. The molecule has 0 bridgehead atoms. The van der Waals surface area contributed by atoms with Crippen LogP contribution in [-0.2, 0) is 24.4 Å². The Bertz CT molecular complexity index is 1070. The molecule has 1 aliphatic heterocycles. The van der Waals surface area contributed by atoms with Crippen molar-refractivity contribution in [1.82, 2.24) is 19.7 Å². The van der Waals surface area contributed by atoms with Gasteiger partial charge in [-0.1, -0.05) is 6.07 Å². The van der Waals surface area contributed by atoms with Crippen LogP contribution in [0.1, 0.15) is 23.1 Å². The van der Waals surface area contributed by atoms with Crippen LogP contribution in [0.4, 0.5) is 24.8 Å². The van der Waals surface area contributed by atoms with Crippen molar-refractivity contribution in [3.05, 3.63) is 59.7 Å². The Balaban J connectivity index is 1.38. The van der Waals surface area contributed by atoms with E-state index in [0.29, 0.717) is 31.9 Å². The topological polar surface area (TPSA) is 91.3 Å². The molecule has 3 heterocycles. The largest absolute Gasteiger partial charge is 0.493 e. The molecule has 2 N–H and O–H groups in total. The first kappa shape index (κ1) is 21.9. The van der Waals surface area contributed by atoms with E-state index < -0.39 is 11.7 Å². The number of benzene rings is 1. The van der Waals surface area contributed by atoms with E-state index in [0.717, 1.165) is 29.3 Å². The van der Waals surface area contributed by atoms with Gasteiger partial charge in [0, 0.05) is 31.8 Å². The van der Waals surface area contributed by atoms with E-state index >= 15 is 0 Å². The van der Waals surface area contributed by atoms with Gasteiger partial charge in [0.15, 0.2) is 0 Å². The third-order valence-corrected chi connectivity index (χ3v) is 5.18. The lowest BCUT2D eigenvalue weighted by Crippen LogP contribution is -2.39. The summed E-state index contributed by atoms with van der Waals surface area (Å²) < 4.78 is 51.7. The van der Waals surface area contributed by atoms with Crippen molar-refractivity contribution in [3.8, 4) is 5.75 Å². The van der Waals surface area contributed by atoms with E-state index in [4.69, 9.17) is 15.2 Å². The number of anilines is 2. The Morgan fingerprint density at radius 3 is 2.84 bits per heavy atom. The normalized spacial score (nSPS) is 16.9. The lowest BCUT2D eigenvalue weighted by atomic mass is 10.2. The van der Waals surface area contributed by atoms with Crippen molar-refractivity contribution in [2.45, 2.75) is 18.7 Å². The summed E-state index contributed by atoms with van der Waals surface area (Å²) in [6, 6.07) is 8.50. The molecule has 0 saturated carbocycles. The van der Waals surface area contributed by atoms with Crippen molar-refractivity contribution >= 4 is 11.6 Å². The minimum atomic E-state index is -4.40. The summed E-state index contributed by atoms with van der Waals surface area (Å²) in [7, 11) is 1.81. The van der Waals surface area contributed by atoms with Gasteiger partial charge in [0.1, 0.15) is 29.8 Å². The molecule has 8 nitrogen and oxygen atoms in total. The van der Waals surface area contributed by atoms with E-state index in [-0.39, 0.29) is 18.5 Å². The van der Waals surface area contributed by atoms with Crippen molar-refractivity contribution < 1.29 is 22.6 Å². The predicted octanol–water partition coefficient (Wildman–Crippen LogP) is 3.01. The minimum absolute atomic E-state index is 0.178. The monoisotopic (exact) mass is 448 g/mol. The first-order valence-corrected chi connectivity index (χ1v) is 10.1. The molecule has 0 unspecified atom stereocenters. The highest BCUT2D eigenvalue weighted by atomic mass is 19.4. The number of nitrogens with zero attached hydrogens (tertiary/aromatic N) is 5. The van der Waals surface area contributed by atoms with Crippen LogP contribution < -0.4 is 15.4 Å². The van der Waals surface area contributed by atoms with E-state index in [1.807, 2.05) is 13.1 Å². The first-order valence-electron chi connectivity index (χ1n) is 10.1. The van der Waals surface area contributed by atoms with E-state index in [9.17, 15) is 13.2 Å². The Morgan fingerprint density at radius 2 is 2.06 bits per heavy atom. The van der Waals surface area contributed by atoms with Crippen molar-refractivity contribution in [2.24, 2.45) is 7.05 Å². The van der Waals surface area contributed by atoms with E-state index in [2.05, 4.69) is 20.0 Å². The second-order valence-electron chi connectivity index (χ2n) is 7.41. The summed E-state index contributed by atoms with van der Waals surface area (Å²) >= 11 is 0. The van der Waals surface area contributed by atoms with E-state index in [1.165, 1.54) is 18.5 Å². The number of hydrogen-bond acceptors (Lipinski definition) is 7. The number of aryl methyl sites for hydroxylation is 1. The fourth-order valence-electron chi connectivity index (χ4n) is 3.53. The van der Waals surface area contributed by atoms with Gasteiger partial charge in [-0.15, -0.1) is 0 Å². The number of nitrogens with two attached hydrogens (primary N) is 1. The summed E-state index contributed by atoms with van der Waals surface area (Å²) in [5.41, 5.74) is 6.69. The molecule has 1 aromatic carbocycles. The van der Waals surface area contributed by atoms with Crippen molar-refractivity contribution in [1.29, 1.82) is 0 Å². The molecule has 3 aromatic rings. The van der Waals surface area contributed by atoms with Crippen LogP contribution in [0.15, 0.2) is 42.7 Å². The fourth-order valence-corrected chi connectivity index (χ4v) is 3.53. The summed E-state index contributed by atoms with van der Waals surface area (Å²) in [6.45, 7) is 1.97. The van der Waals surface area contributed by atoms with Gasteiger partial charge in [-0.25, -0.2) is 9.97 Å². The molecular formula is C21H23F3N6O2. The van der Waals surface area contributed by atoms with Crippen LogP contribution in [-0.4, -0.2) is 46.1 Å². The van der Waals surface area contributed by atoms with Gasteiger partial charge in [0.05, 0.1) is 31.0 Å².